The van der Waals surface area contributed by atoms with E-state index in [0.29, 0.717) is 6.54 Å². The van der Waals surface area contributed by atoms with Gasteiger partial charge < -0.3 is 10.0 Å². The van der Waals surface area contributed by atoms with Gasteiger partial charge in [-0.15, -0.1) is 11.3 Å². The zero-order valence-corrected chi connectivity index (χ0v) is 16.3. The molecule has 1 atom stereocenters. The maximum absolute atomic E-state index is 12.8. The number of likely N-dealkylation sites (tertiary alicyclic amines) is 1. The van der Waals surface area contributed by atoms with Crippen LogP contribution in [0.15, 0.2) is 12.1 Å². The van der Waals surface area contributed by atoms with Gasteiger partial charge in [-0.05, 0) is 37.8 Å². The first kappa shape index (κ1) is 19.3. The first-order chi connectivity index (χ1) is 12.6. The summed E-state index contributed by atoms with van der Waals surface area (Å²) in [6, 6.07) is 4.30. The van der Waals surface area contributed by atoms with Gasteiger partial charge in [0.1, 0.15) is 6.54 Å². The topological polar surface area (TPSA) is 64.1 Å². The van der Waals surface area contributed by atoms with Crippen LogP contribution in [-0.2, 0) is 22.6 Å². The number of carbonyl (C=O) groups is 2. The van der Waals surface area contributed by atoms with Gasteiger partial charge >= 0.3 is 5.97 Å². The van der Waals surface area contributed by atoms with E-state index in [4.69, 9.17) is 5.11 Å². The van der Waals surface area contributed by atoms with Crippen molar-refractivity contribution in [2.24, 2.45) is 0 Å². The van der Waals surface area contributed by atoms with E-state index in [1.807, 2.05) is 11.3 Å². The number of aryl methyl sites for hydroxylation is 1. The molecule has 7 heteroatoms. The fourth-order valence-corrected chi connectivity index (χ4v) is 4.90. The van der Waals surface area contributed by atoms with Crippen molar-refractivity contribution in [3.63, 3.8) is 0 Å². The van der Waals surface area contributed by atoms with E-state index in [9.17, 15) is 9.59 Å². The van der Waals surface area contributed by atoms with E-state index in [-0.39, 0.29) is 18.5 Å². The summed E-state index contributed by atoms with van der Waals surface area (Å²) in [4.78, 5) is 32.9. The summed E-state index contributed by atoms with van der Waals surface area (Å²) in [7, 11) is 0. The average Bonchev–Trinajstić information content (AvgIpc) is 3.01. The summed E-state index contributed by atoms with van der Waals surface area (Å²) in [5, 5.41) is 9.05. The summed E-state index contributed by atoms with van der Waals surface area (Å²) in [5.74, 6) is -0.921. The van der Waals surface area contributed by atoms with Gasteiger partial charge in [0, 0.05) is 49.0 Å². The van der Waals surface area contributed by atoms with Gasteiger partial charge in [0.2, 0.25) is 5.91 Å². The Labute approximate surface area is 159 Å². The van der Waals surface area contributed by atoms with Crippen molar-refractivity contribution in [1.82, 2.24) is 14.7 Å². The predicted octanol–water partition coefficient (Wildman–Crippen LogP) is 1.89. The number of thiophene rings is 1. The molecule has 0 aromatic carbocycles. The molecule has 1 unspecified atom stereocenters. The standard InChI is InChI=1S/C19H29N3O3S/c1-2-15-6-7-16(26-15)13-20-9-11-21(12-10-20)17-5-3-4-8-22(19(17)25)14-18(23)24/h6-7,17H,2-5,8-14H2,1H3,(H,23,24). The smallest absolute Gasteiger partial charge is 0.323 e. The van der Waals surface area contributed by atoms with Crippen molar-refractivity contribution >= 4 is 23.2 Å². The second-order valence-electron chi connectivity index (χ2n) is 7.20. The van der Waals surface area contributed by atoms with Gasteiger partial charge in [0.25, 0.3) is 0 Å². The molecule has 1 aromatic rings. The van der Waals surface area contributed by atoms with Crippen molar-refractivity contribution in [1.29, 1.82) is 0 Å². The Kier molecular flexibility index (Phi) is 6.67. The van der Waals surface area contributed by atoms with Crippen LogP contribution in [0.25, 0.3) is 0 Å². The lowest BCUT2D eigenvalue weighted by Crippen LogP contribution is -2.55. The Morgan fingerprint density at radius 1 is 1.15 bits per heavy atom. The molecule has 2 aliphatic rings. The highest BCUT2D eigenvalue weighted by Gasteiger charge is 2.34. The molecule has 26 heavy (non-hydrogen) atoms. The van der Waals surface area contributed by atoms with Gasteiger partial charge in [0.15, 0.2) is 0 Å². The molecule has 0 spiro atoms. The number of rotatable bonds is 6. The van der Waals surface area contributed by atoms with E-state index in [1.165, 1.54) is 14.7 Å². The highest BCUT2D eigenvalue weighted by molar-refractivity contribution is 7.11. The van der Waals surface area contributed by atoms with Crippen LogP contribution in [0.4, 0.5) is 0 Å². The van der Waals surface area contributed by atoms with E-state index in [1.54, 1.807) is 0 Å². The van der Waals surface area contributed by atoms with Gasteiger partial charge in [0.05, 0.1) is 6.04 Å². The first-order valence-corrected chi connectivity index (χ1v) is 10.4. The zero-order chi connectivity index (χ0) is 18.5. The molecule has 2 saturated heterocycles. The van der Waals surface area contributed by atoms with Gasteiger partial charge in [-0.3, -0.25) is 19.4 Å². The molecule has 1 aromatic heterocycles. The molecule has 3 rings (SSSR count). The maximum Gasteiger partial charge on any atom is 0.323 e. The van der Waals surface area contributed by atoms with E-state index < -0.39 is 5.97 Å². The number of carboxylic acid groups (broad SMARTS) is 1. The number of aliphatic carboxylic acids is 1. The number of piperazine rings is 1. The molecule has 144 valence electrons. The molecular formula is C19H29N3O3S. The van der Waals surface area contributed by atoms with Crippen molar-refractivity contribution in [3.05, 3.63) is 21.9 Å². The zero-order valence-electron chi connectivity index (χ0n) is 15.5. The maximum atomic E-state index is 12.8. The third kappa shape index (κ3) is 4.84. The minimum absolute atomic E-state index is 0.00388. The quantitative estimate of drug-likeness (QED) is 0.818. The monoisotopic (exact) mass is 379 g/mol. The third-order valence-corrected chi connectivity index (χ3v) is 6.59. The molecule has 1 amide bonds. The van der Waals surface area contributed by atoms with Crippen molar-refractivity contribution in [2.75, 3.05) is 39.3 Å². The molecule has 1 N–H and O–H groups in total. The summed E-state index contributed by atoms with van der Waals surface area (Å²) in [6.45, 7) is 7.25. The molecular weight excluding hydrogens is 350 g/mol. The van der Waals surface area contributed by atoms with Crippen LogP contribution < -0.4 is 0 Å². The second kappa shape index (κ2) is 8.97. The third-order valence-electron chi connectivity index (χ3n) is 5.37. The molecule has 0 bridgehead atoms. The highest BCUT2D eigenvalue weighted by Crippen LogP contribution is 2.22. The van der Waals surface area contributed by atoms with Crippen LogP contribution in [0.5, 0.6) is 0 Å². The molecule has 0 aliphatic carbocycles. The fourth-order valence-electron chi connectivity index (χ4n) is 3.89. The number of hydrogen-bond donors (Lipinski definition) is 1. The normalized spacial score (nSPS) is 23.2. The largest absolute Gasteiger partial charge is 0.480 e. The van der Waals surface area contributed by atoms with Crippen LogP contribution in [0.2, 0.25) is 0 Å². The molecule has 0 radical (unpaired) electrons. The Bertz CT molecular complexity index is 625. The van der Waals surface area contributed by atoms with E-state index >= 15 is 0 Å². The average molecular weight is 380 g/mol. The number of carbonyl (C=O) groups excluding carboxylic acids is 1. The van der Waals surface area contributed by atoms with Crippen LogP contribution in [0.3, 0.4) is 0 Å². The van der Waals surface area contributed by atoms with Crippen LogP contribution in [0, 0.1) is 0 Å². The van der Waals surface area contributed by atoms with Crippen LogP contribution in [0.1, 0.15) is 35.9 Å². The van der Waals surface area contributed by atoms with Crippen LogP contribution in [-0.4, -0.2) is 77.0 Å². The Hall–Kier alpha value is -1.44. The predicted molar refractivity (Wildman–Crippen MR) is 102 cm³/mol. The molecule has 6 nitrogen and oxygen atoms in total. The summed E-state index contributed by atoms with van der Waals surface area (Å²) in [6.07, 6.45) is 3.82. The lowest BCUT2D eigenvalue weighted by molar-refractivity contribution is -0.146. The number of carboxylic acids is 1. The van der Waals surface area contributed by atoms with E-state index in [0.717, 1.165) is 58.4 Å². The summed E-state index contributed by atoms with van der Waals surface area (Å²) in [5.41, 5.74) is 0. The summed E-state index contributed by atoms with van der Waals surface area (Å²) >= 11 is 1.89. The minimum Gasteiger partial charge on any atom is -0.480 e. The van der Waals surface area contributed by atoms with Crippen LogP contribution >= 0.6 is 11.3 Å². The molecule has 2 aliphatic heterocycles. The Balaban J connectivity index is 1.54. The second-order valence-corrected chi connectivity index (χ2v) is 8.45. The number of hydrogen-bond acceptors (Lipinski definition) is 5. The van der Waals surface area contributed by atoms with Crippen molar-refractivity contribution in [3.8, 4) is 0 Å². The Morgan fingerprint density at radius 3 is 2.54 bits per heavy atom. The van der Waals surface area contributed by atoms with Gasteiger partial charge in [-0.25, -0.2) is 0 Å². The molecule has 3 heterocycles. The molecule has 0 saturated carbocycles. The fraction of sp³-hybridized carbons (Fsp3) is 0.684. The summed E-state index contributed by atoms with van der Waals surface area (Å²) < 4.78 is 0. The Morgan fingerprint density at radius 2 is 1.88 bits per heavy atom. The molecule has 2 fully saturated rings. The van der Waals surface area contributed by atoms with E-state index in [2.05, 4.69) is 28.9 Å². The van der Waals surface area contributed by atoms with Gasteiger partial charge in [-0.1, -0.05) is 6.92 Å². The lowest BCUT2D eigenvalue weighted by atomic mass is 10.1. The SMILES string of the molecule is CCc1ccc(CN2CCN(C3CCCCN(CC(=O)O)C3=O)CC2)s1. The van der Waals surface area contributed by atoms with Gasteiger partial charge in [-0.2, -0.15) is 0 Å². The van der Waals surface area contributed by atoms with Crippen molar-refractivity contribution < 1.29 is 14.7 Å². The van der Waals surface area contributed by atoms with Crippen molar-refractivity contribution in [2.45, 2.75) is 45.2 Å². The first-order valence-electron chi connectivity index (χ1n) is 9.61. The minimum atomic E-state index is -0.925. The lowest BCUT2D eigenvalue weighted by Gasteiger charge is -2.39. The number of amides is 1. The highest BCUT2D eigenvalue weighted by atomic mass is 32.1. The number of nitrogens with zero attached hydrogens (tertiary/aromatic N) is 3.